The number of hydrogen-bond acceptors (Lipinski definition) is 3. The number of rotatable bonds is 0. The Hall–Kier alpha value is -1.91. The van der Waals surface area contributed by atoms with Gasteiger partial charge < -0.3 is 0 Å². The van der Waals surface area contributed by atoms with Crippen molar-refractivity contribution in [2.24, 2.45) is 10.1 Å². The zero-order valence-electron chi connectivity index (χ0n) is 7.32. The Labute approximate surface area is 86.3 Å². The summed E-state index contributed by atoms with van der Waals surface area (Å²) in [6.07, 6.45) is 4.79. The first-order valence-corrected chi connectivity index (χ1v) is 4.04. The molecule has 0 heterocycles. The van der Waals surface area contributed by atoms with Gasteiger partial charge in [0.2, 0.25) is 6.19 Å². The van der Waals surface area contributed by atoms with Gasteiger partial charge in [-0.15, -0.1) is 4.95 Å². The van der Waals surface area contributed by atoms with Crippen LogP contribution in [0.2, 0.25) is 0 Å². The Morgan fingerprint density at radius 2 is 2.21 bits per heavy atom. The SMILES string of the molecule is [C-]#[N+]/N=C1\C=C(Cl)C(=NC#N)C=C1C. The number of hydrogen-bond donors (Lipinski definition) is 0. The van der Waals surface area contributed by atoms with Crippen LogP contribution in [0.4, 0.5) is 0 Å². The van der Waals surface area contributed by atoms with Gasteiger partial charge >= 0.3 is 0 Å². The van der Waals surface area contributed by atoms with Gasteiger partial charge in [-0.2, -0.15) is 16.8 Å². The Morgan fingerprint density at radius 1 is 1.50 bits per heavy atom. The molecule has 0 spiro atoms. The lowest BCUT2D eigenvalue weighted by molar-refractivity contribution is 1.43. The Balaban J connectivity index is 3.17. The molecule has 4 nitrogen and oxygen atoms in total. The van der Waals surface area contributed by atoms with Crippen LogP contribution in [-0.4, -0.2) is 11.4 Å². The standard InChI is InChI=1S/C9H5ClN4/c1-6-3-9(13-5-11)7(10)4-8(6)14-12-2/h3-4H,1H3/b13-9?,14-8+. The average molecular weight is 205 g/mol. The molecule has 68 valence electrons. The molecule has 1 aliphatic rings. The minimum absolute atomic E-state index is 0.319. The quantitative estimate of drug-likeness (QED) is 0.258. The predicted octanol–water partition coefficient (Wildman–Crippen LogP) is 2.27. The van der Waals surface area contributed by atoms with Crippen molar-refractivity contribution in [2.45, 2.75) is 6.92 Å². The van der Waals surface area contributed by atoms with E-state index in [0.717, 1.165) is 5.57 Å². The maximum atomic E-state index is 8.36. The molecule has 0 aromatic heterocycles. The molecular formula is C9H5ClN4. The fraction of sp³-hybridized carbons (Fsp3) is 0.111. The molecule has 0 N–H and O–H groups in total. The van der Waals surface area contributed by atoms with E-state index in [2.05, 4.69) is 15.0 Å². The first-order valence-electron chi connectivity index (χ1n) is 3.66. The number of allylic oxidation sites excluding steroid dienone is 4. The molecule has 0 amide bonds. The van der Waals surface area contributed by atoms with Gasteiger partial charge in [0.15, 0.2) is 5.71 Å². The van der Waals surface area contributed by atoms with Gasteiger partial charge in [0.05, 0.1) is 15.8 Å². The third-order valence-electron chi connectivity index (χ3n) is 1.59. The first-order chi connectivity index (χ1) is 6.69. The van der Waals surface area contributed by atoms with E-state index in [9.17, 15) is 0 Å². The molecule has 0 aliphatic heterocycles. The van der Waals surface area contributed by atoms with Crippen molar-refractivity contribution in [3.63, 3.8) is 0 Å². The summed E-state index contributed by atoms with van der Waals surface area (Å²) in [6, 6.07) is 0. The van der Waals surface area contributed by atoms with Crippen molar-refractivity contribution in [2.75, 3.05) is 0 Å². The van der Waals surface area contributed by atoms with Gasteiger partial charge in [0, 0.05) is 0 Å². The molecule has 0 unspecified atom stereocenters. The molecule has 0 saturated carbocycles. The summed E-state index contributed by atoms with van der Waals surface area (Å²) in [5, 5.41) is 12.2. The van der Waals surface area contributed by atoms with E-state index in [4.69, 9.17) is 23.4 Å². The van der Waals surface area contributed by atoms with Crippen LogP contribution in [0.25, 0.3) is 4.95 Å². The molecule has 0 aromatic carbocycles. The van der Waals surface area contributed by atoms with Crippen molar-refractivity contribution in [3.8, 4) is 6.19 Å². The highest BCUT2D eigenvalue weighted by molar-refractivity contribution is 6.48. The molecule has 0 radical (unpaired) electrons. The maximum Gasteiger partial charge on any atom is 0.206 e. The van der Waals surface area contributed by atoms with Crippen LogP contribution in [-0.2, 0) is 0 Å². The summed E-state index contributed by atoms with van der Waals surface area (Å²) in [7, 11) is 0. The van der Waals surface area contributed by atoms with Crippen LogP contribution in [0, 0.1) is 18.0 Å². The molecule has 5 heteroatoms. The van der Waals surface area contributed by atoms with Crippen LogP contribution in [0.3, 0.4) is 0 Å². The lowest BCUT2D eigenvalue weighted by atomic mass is 10.0. The highest BCUT2D eigenvalue weighted by Gasteiger charge is 2.14. The summed E-state index contributed by atoms with van der Waals surface area (Å²) >= 11 is 5.81. The molecule has 0 atom stereocenters. The smallest absolute Gasteiger partial charge is 0.181 e. The normalized spacial score (nSPS) is 21.1. The number of aliphatic imine (C=N–C) groups is 1. The second-order valence-corrected chi connectivity index (χ2v) is 2.91. The van der Waals surface area contributed by atoms with Gasteiger partial charge in [-0.05, 0) is 24.6 Å². The minimum Gasteiger partial charge on any atom is -0.181 e. The van der Waals surface area contributed by atoms with Crippen LogP contribution >= 0.6 is 11.6 Å². The lowest BCUT2D eigenvalue weighted by Gasteiger charge is -2.06. The summed E-state index contributed by atoms with van der Waals surface area (Å²) in [6.45, 7) is 8.36. The fourth-order valence-corrected chi connectivity index (χ4v) is 1.16. The lowest BCUT2D eigenvalue weighted by Crippen LogP contribution is -2.08. The highest BCUT2D eigenvalue weighted by atomic mass is 35.5. The summed E-state index contributed by atoms with van der Waals surface area (Å²) < 4.78 is 0. The third-order valence-corrected chi connectivity index (χ3v) is 1.90. The van der Waals surface area contributed by atoms with Gasteiger partial charge in [0.1, 0.15) is 0 Å². The van der Waals surface area contributed by atoms with E-state index in [-0.39, 0.29) is 0 Å². The topological polar surface area (TPSA) is 52.9 Å². The van der Waals surface area contributed by atoms with Crippen molar-refractivity contribution in [1.29, 1.82) is 5.26 Å². The van der Waals surface area contributed by atoms with Crippen molar-refractivity contribution in [1.82, 2.24) is 0 Å². The van der Waals surface area contributed by atoms with Crippen LogP contribution in [0.15, 0.2) is 32.9 Å². The summed E-state index contributed by atoms with van der Waals surface area (Å²) in [4.78, 5) is 6.43. The third kappa shape index (κ3) is 2.07. The molecule has 14 heavy (non-hydrogen) atoms. The van der Waals surface area contributed by atoms with Gasteiger partial charge in [0.25, 0.3) is 0 Å². The van der Waals surface area contributed by atoms with Crippen LogP contribution in [0.5, 0.6) is 0 Å². The molecule has 0 bridgehead atoms. The van der Waals surface area contributed by atoms with Crippen molar-refractivity contribution >= 4 is 23.0 Å². The van der Waals surface area contributed by atoms with E-state index in [0.29, 0.717) is 16.5 Å². The largest absolute Gasteiger partial charge is 0.206 e. The van der Waals surface area contributed by atoms with Gasteiger partial charge in [-0.25, -0.2) is 0 Å². The molecular weight excluding hydrogens is 200 g/mol. The Bertz CT molecular complexity index is 410. The zero-order valence-corrected chi connectivity index (χ0v) is 8.08. The van der Waals surface area contributed by atoms with E-state index < -0.39 is 0 Å². The number of nitrogens with zero attached hydrogens (tertiary/aromatic N) is 4. The second-order valence-electron chi connectivity index (χ2n) is 2.50. The van der Waals surface area contributed by atoms with E-state index in [1.54, 1.807) is 19.2 Å². The van der Waals surface area contributed by atoms with Crippen LogP contribution < -0.4 is 0 Å². The maximum absolute atomic E-state index is 8.36. The second kappa shape index (κ2) is 4.36. The van der Waals surface area contributed by atoms with Crippen LogP contribution in [0.1, 0.15) is 6.92 Å². The highest BCUT2D eigenvalue weighted by Crippen LogP contribution is 2.16. The summed E-state index contributed by atoms with van der Waals surface area (Å²) in [5.41, 5.74) is 1.66. The van der Waals surface area contributed by atoms with Crippen molar-refractivity contribution in [3.05, 3.63) is 34.3 Å². The summed E-state index contributed by atoms with van der Waals surface area (Å²) in [5.74, 6) is 0. The first kappa shape index (κ1) is 10.2. The minimum atomic E-state index is 0.319. The molecule has 0 fully saturated rings. The van der Waals surface area contributed by atoms with Gasteiger partial charge in [-0.3, -0.25) is 0 Å². The zero-order chi connectivity index (χ0) is 10.6. The van der Waals surface area contributed by atoms with Crippen molar-refractivity contribution < 1.29 is 0 Å². The Morgan fingerprint density at radius 3 is 2.79 bits per heavy atom. The number of halogens is 1. The number of nitriles is 1. The predicted molar refractivity (Wildman–Crippen MR) is 54.8 cm³/mol. The van der Waals surface area contributed by atoms with E-state index >= 15 is 0 Å². The molecule has 1 aliphatic carbocycles. The van der Waals surface area contributed by atoms with E-state index in [1.807, 2.05) is 0 Å². The monoisotopic (exact) mass is 204 g/mol. The average Bonchev–Trinajstić information content (AvgIpc) is 2.14. The molecule has 0 saturated heterocycles. The van der Waals surface area contributed by atoms with E-state index in [1.165, 1.54) is 6.08 Å². The molecule has 0 aromatic rings. The molecule has 1 rings (SSSR count). The van der Waals surface area contributed by atoms with Gasteiger partial charge in [-0.1, -0.05) is 11.6 Å². The fourth-order valence-electron chi connectivity index (χ4n) is 0.957. The Kier molecular flexibility index (Phi) is 3.17.